The lowest BCUT2D eigenvalue weighted by Gasteiger charge is -2.13. The van der Waals surface area contributed by atoms with Gasteiger partial charge in [0.15, 0.2) is 5.22 Å². The van der Waals surface area contributed by atoms with Crippen molar-refractivity contribution >= 4 is 11.6 Å². The smallest absolute Gasteiger partial charge is 0.453 e. The lowest BCUT2D eigenvalue weighted by Crippen LogP contribution is -2.17. The molecule has 2 rings (SSSR count). The molecule has 102 valence electrons. The molecule has 0 radical (unpaired) electrons. The average Bonchev–Trinajstić information content (AvgIpc) is 2.72. The van der Waals surface area contributed by atoms with Gasteiger partial charge in [-0.25, -0.2) is 0 Å². The van der Waals surface area contributed by atoms with E-state index in [2.05, 4.69) is 4.74 Å². The van der Waals surface area contributed by atoms with E-state index in [0.29, 0.717) is 0 Å². The quantitative estimate of drug-likeness (QED) is 0.932. The van der Waals surface area contributed by atoms with Gasteiger partial charge in [-0.3, -0.25) is 0 Å². The van der Waals surface area contributed by atoms with Crippen molar-refractivity contribution in [2.24, 2.45) is 0 Å². The lowest BCUT2D eigenvalue weighted by molar-refractivity contribution is -0.274. The van der Waals surface area contributed by atoms with Gasteiger partial charge in [0, 0.05) is 5.56 Å². The summed E-state index contributed by atoms with van der Waals surface area (Å²) in [5.74, 6) is -0.413. The van der Waals surface area contributed by atoms with Crippen LogP contribution in [0.4, 0.5) is 13.2 Å². The molecule has 7 heteroatoms. The van der Waals surface area contributed by atoms with Crippen molar-refractivity contribution in [3.63, 3.8) is 0 Å². The molecule has 0 saturated carbocycles. The molecule has 0 saturated heterocycles. The van der Waals surface area contributed by atoms with Crippen molar-refractivity contribution in [2.75, 3.05) is 0 Å². The number of aliphatic hydroxyl groups excluding tert-OH is 1. The summed E-state index contributed by atoms with van der Waals surface area (Å²) < 4.78 is 44.9. The highest BCUT2D eigenvalue weighted by molar-refractivity contribution is 6.29. The first-order chi connectivity index (χ1) is 8.87. The van der Waals surface area contributed by atoms with Gasteiger partial charge < -0.3 is 14.3 Å². The third-order valence-corrected chi connectivity index (χ3v) is 2.66. The van der Waals surface area contributed by atoms with Crippen LogP contribution in [-0.4, -0.2) is 11.5 Å². The van der Waals surface area contributed by atoms with Gasteiger partial charge in [0.2, 0.25) is 0 Å². The molecule has 0 aliphatic rings. The van der Waals surface area contributed by atoms with E-state index in [9.17, 15) is 18.3 Å². The maximum absolute atomic E-state index is 12.1. The standard InChI is InChI=1S/C12H8ClF3O3/c13-11-9(4-5-18-11)10(17)7-2-1-3-8(6-7)19-12(14,15)16/h1-6,10,17H. The summed E-state index contributed by atoms with van der Waals surface area (Å²) in [5.41, 5.74) is 0.482. The summed E-state index contributed by atoms with van der Waals surface area (Å²) in [5, 5.41) is 9.98. The first-order valence-corrected chi connectivity index (χ1v) is 5.51. The molecule has 0 bridgehead atoms. The summed E-state index contributed by atoms with van der Waals surface area (Å²) in [6.45, 7) is 0. The molecule has 0 spiro atoms. The molecule has 1 aromatic heterocycles. The molecule has 3 nitrogen and oxygen atoms in total. The van der Waals surface area contributed by atoms with Crippen molar-refractivity contribution in [3.05, 3.63) is 52.9 Å². The molecule has 1 heterocycles. The molecule has 19 heavy (non-hydrogen) atoms. The van der Waals surface area contributed by atoms with Crippen molar-refractivity contribution in [1.82, 2.24) is 0 Å². The van der Waals surface area contributed by atoms with Gasteiger partial charge in [-0.15, -0.1) is 13.2 Å². The van der Waals surface area contributed by atoms with E-state index in [1.165, 1.54) is 24.5 Å². The van der Waals surface area contributed by atoms with Crippen molar-refractivity contribution in [2.45, 2.75) is 12.5 Å². The maximum Gasteiger partial charge on any atom is 0.573 e. The van der Waals surface area contributed by atoms with E-state index in [4.69, 9.17) is 16.0 Å². The maximum atomic E-state index is 12.1. The van der Waals surface area contributed by atoms with E-state index in [1.54, 1.807) is 0 Å². The monoisotopic (exact) mass is 292 g/mol. The Kier molecular flexibility index (Phi) is 3.73. The highest BCUT2D eigenvalue weighted by atomic mass is 35.5. The number of furan rings is 1. The molecule has 1 aromatic carbocycles. The second-order valence-corrected chi connectivity index (χ2v) is 4.02. The molecule has 2 aromatic rings. The van der Waals surface area contributed by atoms with E-state index >= 15 is 0 Å². The number of aliphatic hydroxyl groups is 1. The zero-order chi connectivity index (χ0) is 14.0. The van der Waals surface area contributed by atoms with E-state index in [-0.39, 0.29) is 16.3 Å². The molecule has 0 amide bonds. The Morgan fingerprint density at radius 1 is 1.26 bits per heavy atom. The van der Waals surface area contributed by atoms with Gasteiger partial charge in [-0.05, 0) is 35.4 Å². The summed E-state index contributed by atoms with van der Waals surface area (Å²) >= 11 is 5.69. The second kappa shape index (κ2) is 5.14. The first-order valence-electron chi connectivity index (χ1n) is 5.13. The topological polar surface area (TPSA) is 42.6 Å². The van der Waals surface area contributed by atoms with Crippen molar-refractivity contribution in [3.8, 4) is 5.75 Å². The number of hydrogen-bond donors (Lipinski definition) is 1. The molecule has 1 atom stereocenters. The molecule has 1 N–H and O–H groups in total. The zero-order valence-electron chi connectivity index (χ0n) is 9.32. The number of hydrogen-bond acceptors (Lipinski definition) is 3. The Bertz CT molecular complexity index is 565. The predicted molar refractivity (Wildman–Crippen MR) is 60.9 cm³/mol. The average molecular weight is 293 g/mol. The molecular weight excluding hydrogens is 285 g/mol. The van der Waals surface area contributed by atoms with Gasteiger partial charge in [0.1, 0.15) is 11.9 Å². The number of alkyl halides is 3. The van der Waals surface area contributed by atoms with E-state index < -0.39 is 18.2 Å². The van der Waals surface area contributed by atoms with Crippen LogP contribution < -0.4 is 4.74 Å². The minimum absolute atomic E-state index is 0.0188. The predicted octanol–water partition coefficient (Wildman–Crippen LogP) is 3.91. The second-order valence-electron chi connectivity index (χ2n) is 3.67. The number of ether oxygens (including phenoxy) is 1. The van der Waals surface area contributed by atoms with Crippen LogP contribution in [0.3, 0.4) is 0 Å². The van der Waals surface area contributed by atoms with Crippen LogP contribution in [0.1, 0.15) is 17.2 Å². The summed E-state index contributed by atoms with van der Waals surface area (Å²) in [6, 6.07) is 6.46. The Hall–Kier alpha value is -1.66. The van der Waals surface area contributed by atoms with Crippen LogP contribution in [0.2, 0.25) is 5.22 Å². The normalized spacial score (nSPS) is 13.3. The highest BCUT2D eigenvalue weighted by Crippen LogP contribution is 2.31. The summed E-state index contributed by atoms with van der Waals surface area (Å²) in [4.78, 5) is 0. The highest BCUT2D eigenvalue weighted by Gasteiger charge is 2.31. The van der Waals surface area contributed by atoms with Crippen LogP contribution in [0.5, 0.6) is 5.75 Å². The van der Waals surface area contributed by atoms with Gasteiger partial charge in [0.25, 0.3) is 0 Å². The van der Waals surface area contributed by atoms with Gasteiger partial charge in [0.05, 0.1) is 6.26 Å². The third-order valence-electron chi connectivity index (χ3n) is 2.35. The Balaban J connectivity index is 2.26. The van der Waals surface area contributed by atoms with Crippen LogP contribution in [0.25, 0.3) is 0 Å². The molecule has 0 aliphatic heterocycles. The molecular formula is C12H8ClF3O3. The van der Waals surface area contributed by atoms with Crippen LogP contribution >= 0.6 is 11.6 Å². The number of rotatable bonds is 3. The van der Waals surface area contributed by atoms with E-state index in [0.717, 1.165) is 12.1 Å². The largest absolute Gasteiger partial charge is 0.573 e. The molecule has 0 aliphatic carbocycles. The minimum atomic E-state index is -4.78. The third kappa shape index (κ3) is 3.42. The van der Waals surface area contributed by atoms with E-state index in [1.807, 2.05) is 0 Å². The van der Waals surface area contributed by atoms with Crippen molar-refractivity contribution < 1.29 is 27.4 Å². The Morgan fingerprint density at radius 3 is 2.58 bits per heavy atom. The fourth-order valence-corrected chi connectivity index (χ4v) is 1.78. The van der Waals surface area contributed by atoms with Gasteiger partial charge in [-0.2, -0.15) is 0 Å². The fourth-order valence-electron chi connectivity index (χ4n) is 1.56. The number of benzene rings is 1. The number of halogens is 4. The van der Waals surface area contributed by atoms with Gasteiger partial charge >= 0.3 is 6.36 Å². The molecule has 1 unspecified atom stereocenters. The fraction of sp³-hybridized carbons (Fsp3) is 0.167. The summed E-state index contributed by atoms with van der Waals surface area (Å²) in [6.07, 6.45) is -4.70. The summed E-state index contributed by atoms with van der Waals surface area (Å²) in [7, 11) is 0. The Labute approximate surface area is 111 Å². The van der Waals surface area contributed by atoms with Crippen LogP contribution in [0, 0.1) is 0 Å². The SMILES string of the molecule is OC(c1cccc(OC(F)(F)F)c1)c1ccoc1Cl. The first kappa shape index (κ1) is 13.8. The lowest BCUT2D eigenvalue weighted by atomic mass is 10.0. The van der Waals surface area contributed by atoms with Crippen molar-refractivity contribution in [1.29, 1.82) is 0 Å². The zero-order valence-corrected chi connectivity index (χ0v) is 10.1. The van der Waals surface area contributed by atoms with Crippen LogP contribution in [0.15, 0.2) is 41.0 Å². The van der Waals surface area contributed by atoms with Crippen LogP contribution in [-0.2, 0) is 0 Å². The Morgan fingerprint density at radius 2 is 2.00 bits per heavy atom. The van der Waals surface area contributed by atoms with Gasteiger partial charge in [-0.1, -0.05) is 12.1 Å². The molecule has 0 fully saturated rings. The minimum Gasteiger partial charge on any atom is -0.453 e.